The maximum atomic E-state index is 12.7. The molecule has 0 aliphatic carbocycles. The average molecular weight is 444 g/mol. The van der Waals surface area contributed by atoms with Crippen molar-refractivity contribution in [2.45, 2.75) is 32.4 Å². The van der Waals surface area contributed by atoms with Gasteiger partial charge < -0.3 is 15.8 Å². The Morgan fingerprint density at radius 2 is 1.36 bits per heavy atom. The van der Waals surface area contributed by atoms with Crippen molar-refractivity contribution < 1.29 is 14.3 Å². The third-order valence-corrected chi connectivity index (χ3v) is 5.89. The second-order valence-electron chi connectivity index (χ2n) is 8.30. The van der Waals surface area contributed by atoms with E-state index in [1.54, 1.807) is 48.5 Å². The van der Waals surface area contributed by atoms with Gasteiger partial charge in [-0.15, -0.1) is 0 Å². The first kappa shape index (κ1) is 22.6. The van der Waals surface area contributed by atoms with E-state index in [4.69, 9.17) is 10.5 Å². The van der Waals surface area contributed by atoms with Crippen LogP contribution in [0.15, 0.2) is 72.8 Å². The van der Waals surface area contributed by atoms with Crippen LogP contribution in [0.5, 0.6) is 11.5 Å². The van der Waals surface area contributed by atoms with E-state index in [-0.39, 0.29) is 5.91 Å². The van der Waals surface area contributed by atoms with Crippen LogP contribution in [0.3, 0.4) is 0 Å². The van der Waals surface area contributed by atoms with E-state index >= 15 is 0 Å². The molecule has 3 aromatic rings. The van der Waals surface area contributed by atoms with Crippen LogP contribution >= 0.6 is 0 Å². The summed E-state index contributed by atoms with van der Waals surface area (Å²) in [5.41, 5.74) is 8.66. The first-order valence-electron chi connectivity index (χ1n) is 11.3. The van der Waals surface area contributed by atoms with Gasteiger partial charge in [-0.25, -0.2) is 0 Å². The number of carbonyl (C=O) groups is 2. The number of nitrogens with one attached hydrogen (secondary N) is 1. The number of hydrogen-bond donors (Lipinski definition) is 2. The van der Waals surface area contributed by atoms with Crippen molar-refractivity contribution in [3.8, 4) is 11.5 Å². The third kappa shape index (κ3) is 6.20. The molecule has 1 aliphatic rings. The Hall–Kier alpha value is -3.64. The zero-order valence-electron chi connectivity index (χ0n) is 18.6. The summed E-state index contributed by atoms with van der Waals surface area (Å²) < 4.78 is 5.78. The molecule has 33 heavy (non-hydrogen) atoms. The van der Waals surface area contributed by atoms with Gasteiger partial charge in [-0.1, -0.05) is 30.7 Å². The molecule has 170 valence electrons. The highest BCUT2D eigenvalue weighted by Crippen LogP contribution is 2.22. The third-order valence-electron chi connectivity index (χ3n) is 5.89. The molecule has 6 nitrogen and oxygen atoms in total. The molecular weight excluding hydrogens is 414 g/mol. The molecule has 6 heteroatoms. The highest BCUT2D eigenvalue weighted by molar-refractivity contribution is 5.94. The monoisotopic (exact) mass is 443 g/mol. The van der Waals surface area contributed by atoms with Crippen LogP contribution < -0.4 is 15.8 Å². The normalized spacial score (nSPS) is 13.9. The standard InChI is InChI=1S/C27H29N3O3/c28-26(31)20-8-12-24(13-9-20)33-25-14-10-21(11-15-25)27(32)29-18-22-6-2-3-7-23(22)19-30-16-4-1-5-17-30/h2-3,6-15H,1,4-5,16-19H2,(H2,28,31)(H,29,32). The second-order valence-corrected chi connectivity index (χ2v) is 8.30. The number of nitrogens with zero attached hydrogens (tertiary/aromatic N) is 1. The fourth-order valence-corrected chi connectivity index (χ4v) is 4.02. The maximum Gasteiger partial charge on any atom is 0.251 e. The number of piperidine rings is 1. The van der Waals surface area contributed by atoms with Gasteiger partial charge in [0, 0.05) is 24.2 Å². The van der Waals surface area contributed by atoms with Gasteiger partial charge in [-0.2, -0.15) is 0 Å². The van der Waals surface area contributed by atoms with Gasteiger partial charge in [0.15, 0.2) is 0 Å². The van der Waals surface area contributed by atoms with Crippen LogP contribution in [0.4, 0.5) is 0 Å². The van der Waals surface area contributed by atoms with Crippen LogP contribution in [0.2, 0.25) is 0 Å². The van der Waals surface area contributed by atoms with Crippen molar-refractivity contribution in [3.63, 3.8) is 0 Å². The molecule has 0 bridgehead atoms. The number of hydrogen-bond acceptors (Lipinski definition) is 4. The van der Waals surface area contributed by atoms with E-state index in [0.717, 1.165) is 25.2 Å². The summed E-state index contributed by atoms with van der Waals surface area (Å²) in [6.45, 7) is 3.71. The van der Waals surface area contributed by atoms with E-state index < -0.39 is 5.91 Å². The van der Waals surface area contributed by atoms with Crippen LogP contribution in [0.25, 0.3) is 0 Å². The van der Waals surface area contributed by atoms with E-state index in [1.807, 2.05) is 6.07 Å². The van der Waals surface area contributed by atoms with Gasteiger partial charge in [0.05, 0.1) is 0 Å². The molecule has 4 rings (SSSR count). The molecule has 3 N–H and O–H groups in total. The van der Waals surface area contributed by atoms with Crippen LogP contribution in [0.1, 0.15) is 51.1 Å². The molecule has 2 amide bonds. The lowest BCUT2D eigenvalue weighted by Gasteiger charge is -2.27. The predicted molar refractivity (Wildman–Crippen MR) is 128 cm³/mol. The largest absolute Gasteiger partial charge is 0.457 e. The molecule has 0 atom stereocenters. The Morgan fingerprint density at radius 1 is 0.788 bits per heavy atom. The number of carbonyl (C=O) groups excluding carboxylic acids is 2. The van der Waals surface area contributed by atoms with Crippen LogP contribution in [0, 0.1) is 0 Å². The molecule has 0 spiro atoms. The number of likely N-dealkylation sites (tertiary alicyclic amines) is 1. The van der Waals surface area contributed by atoms with Gasteiger partial charge in [0.1, 0.15) is 11.5 Å². The summed E-state index contributed by atoms with van der Waals surface area (Å²) in [6, 6.07) is 21.9. The molecule has 3 aromatic carbocycles. The zero-order chi connectivity index (χ0) is 23.0. The Labute approximate surface area is 194 Å². The van der Waals surface area contributed by atoms with Gasteiger partial charge in [0.2, 0.25) is 5.91 Å². The molecule has 0 unspecified atom stereocenters. The lowest BCUT2D eigenvalue weighted by Crippen LogP contribution is -2.30. The summed E-state index contributed by atoms with van der Waals surface area (Å²) >= 11 is 0. The molecule has 1 fully saturated rings. The molecule has 0 saturated carbocycles. The minimum absolute atomic E-state index is 0.125. The van der Waals surface area contributed by atoms with Gasteiger partial charge >= 0.3 is 0 Å². The second kappa shape index (κ2) is 10.8. The number of primary amides is 1. The van der Waals surface area contributed by atoms with Crippen molar-refractivity contribution in [1.29, 1.82) is 0 Å². The number of ether oxygens (including phenoxy) is 1. The van der Waals surface area contributed by atoms with Crippen molar-refractivity contribution in [2.24, 2.45) is 5.73 Å². The molecule has 0 radical (unpaired) electrons. The fraction of sp³-hybridized carbons (Fsp3) is 0.259. The lowest BCUT2D eigenvalue weighted by molar-refractivity contribution is 0.0949. The van der Waals surface area contributed by atoms with Crippen molar-refractivity contribution in [2.75, 3.05) is 13.1 Å². The molecule has 1 heterocycles. The first-order chi connectivity index (χ1) is 16.1. The predicted octanol–water partition coefficient (Wildman–Crippen LogP) is 4.49. The van der Waals surface area contributed by atoms with E-state index in [1.165, 1.54) is 24.8 Å². The molecule has 0 aromatic heterocycles. The van der Waals surface area contributed by atoms with E-state index in [9.17, 15) is 9.59 Å². The summed E-state index contributed by atoms with van der Waals surface area (Å²) in [5, 5.41) is 3.04. The summed E-state index contributed by atoms with van der Waals surface area (Å²) in [6.07, 6.45) is 3.84. The van der Waals surface area contributed by atoms with E-state index in [0.29, 0.717) is 29.2 Å². The summed E-state index contributed by atoms with van der Waals surface area (Å²) in [7, 11) is 0. The Balaban J connectivity index is 1.33. The van der Waals surface area contributed by atoms with E-state index in [2.05, 4.69) is 28.4 Å². The quantitative estimate of drug-likeness (QED) is 0.537. The lowest BCUT2D eigenvalue weighted by atomic mass is 10.0. The summed E-state index contributed by atoms with van der Waals surface area (Å²) in [4.78, 5) is 26.3. The molecule has 1 aliphatic heterocycles. The number of amides is 2. The fourth-order valence-electron chi connectivity index (χ4n) is 4.02. The Kier molecular flexibility index (Phi) is 7.37. The zero-order valence-corrected chi connectivity index (χ0v) is 18.6. The summed E-state index contributed by atoms with van der Waals surface area (Å²) in [5.74, 6) is 0.582. The van der Waals surface area contributed by atoms with Crippen LogP contribution in [-0.2, 0) is 13.1 Å². The SMILES string of the molecule is NC(=O)c1ccc(Oc2ccc(C(=O)NCc3ccccc3CN3CCCCC3)cc2)cc1. The Morgan fingerprint density at radius 3 is 1.97 bits per heavy atom. The van der Waals surface area contributed by atoms with Gasteiger partial charge in [-0.3, -0.25) is 14.5 Å². The maximum absolute atomic E-state index is 12.7. The highest BCUT2D eigenvalue weighted by Gasteiger charge is 2.13. The number of benzene rings is 3. The van der Waals surface area contributed by atoms with Gasteiger partial charge in [0.25, 0.3) is 5.91 Å². The minimum atomic E-state index is -0.481. The topological polar surface area (TPSA) is 84.7 Å². The first-order valence-corrected chi connectivity index (χ1v) is 11.3. The van der Waals surface area contributed by atoms with Crippen molar-refractivity contribution >= 4 is 11.8 Å². The van der Waals surface area contributed by atoms with Crippen molar-refractivity contribution in [3.05, 3.63) is 95.1 Å². The van der Waals surface area contributed by atoms with Crippen molar-refractivity contribution in [1.82, 2.24) is 10.2 Å². The molecule has 1 saturated heterocycles. The highest BCUT2D eigenvalue weighted by atomic mass is 16.5. The minimum Gasteiger partial charge on any atom is -0.457 e. The molecular formula is C27H29N3O3. The van der Waals surface area contributed by atoms with Gasteiger partial charge in [-0.05, 0) is 85.6 Å². The van der Waals surface area contributed by atoms with Crippen LogP contribution in [-0.4, -0.2) is 29.8 Å². The average Bonchev–Trinajstić information content (AvgIpc) is 2.85. The number of nitrogens with two attached hydrogens (primary N) is 1. The number of rotatable bonds is 8. The smallest absolute Gasteiger partial charge is 0.251 e. The Bertz CT molecular complexity index is 1090.